The molecule has 0 fully saturated rings. The third-order valence-electron chi connectivity index (χ3n) is 2.56. The van der Waals surface area contributed by atoms with Crippen LogP contribution in [0.3, 0.4) is 0 Å². The Morgan fingerprint density at radius 1 is 1.31 bits per heavy atom. The summed E-state index contributed by atoms with van der Waals surface area (Å²) in [4.78, 5) is 0. The van der Waals surface area contributed by atoms with Crippen molar-refractivity contribution in [2.75, 3.05) is 5.75 Å². The zero-order valence-electron chi connectivity index (χ0n) is 8.56. The Hall–Kier alpha value is -1.00. The van der Waals surface area contributed by atoms with Gasteiger partial charge in [-0.2, -0.15) is 0 Å². The SMILES string of the molecule is Clc1cccc(-c2nnc3n2CCCS3)c1. The zero-order valence-corrected chi connectivity index (χ0v) is 10.1. The smallest absolute Gasteiger partial charge is 0.191 e. The van der Waals surface area contributed by atoms with Crippen molar-refractivity contribution in [2.24, 2.45) is 0 Å². The molecule has 0 spiro atoms. The Morgan fingerprint density at radius 2 is 2.25 bits per heavy atom. The minimum Gasteiger partial charge on any atom is -0.302 e. The number of thioether (sulfide) groups is 1. The topological polar surface area (TPSA) is 30.7 Å². The summed E-state index contributed by atoms with van der Waals surface area (Å²) >= 11 is 7.75. The zero-order chi connectivity index (χ0) is 11.0. The molecular weight excluding hydrogens is 242 g/mol. The van der Waals surface area contributed by atoms with E-state index in [2.05, 4.69) is 14.8 Å². The van der Waals surface area contributed by atoms with Gasteiger partial charge in [-0.05, 0) is 18.6 Å². The number of hydrogen-bond acceptors (Lipinski definition) is 3. The summed E-state index contributed by atoms with van der Waals surface area (Å²) in [6, 6.07) is 7.75. The van der Waals surface area contributed by atoms with Crippen LogP contribution in [-0.2, 0) is 6.54 Å². The van der Waals surface area contributed by atoms with E-state index in [0.717, 1.165) is 33.9 Å². The molecule has 82 valence electrons. The molecule has 1 aliphatic rings. The van der Waals surface area contributed by atoms with Crippen LogP contribution in [0.2, 0.25) is 5.02 Å². The number of nitrogens with zero attached hydrogens (tertiary/aromatic N) is 3. The second-order valence-electron chi connectivity index (χ2n) is 3.67. The highest BCUT2D eigenvalue weighted by atomic mass is 35.5. The molecule has 2 heterocycles. The van der Waals surface area contributed by atoms with Gasteiger partial charge in [-0.1, -0.05) is 35.5 Å². The number of hydrogen-bond donors (Lipinski definition) is 0. The average Bonchev–Trinajstić information content (AvgIpc) is 2.72. The maximum absolute atomic E-state index is 5.98. The largest absolute Gasteiger partial charge is 0.302 e. The van der Waals surface area contributed by atoms with Crippen LogP contribution in [0.5, 0.6) is 0 Å². The van der Waals surface area contributed by atoms with Crippen molar-refractivity contribution in [3.05, 3.63) is 29.3 Å². The van der Waals surface area contributed by atoms with E-state index in [1.165, 1.54) is 6.42 Å². The molecule has 2 aromatic rings. The van der Waals surface area contributed by atoms with E-state index in [9.17, 15) is 0 Å². The molecule has 0 unspecified atom stereocenters. The molecule has 0 radical (unpaired) electrons. The molecule has 1 aliphatic heterocycles. The summed E-state index contributed by atoms with van der Waals surface area (Å²) in [5.74, 6) is 2.05. The van der Waals surface area contributed by atoms with Gasteiger partial charge >= 0.3 is 0 Å². The molecular formula is C11H10ClN3S. The van der Waals surface area contributed by atoms with Crippen molar-refractivity contribution in [3.8, 4) is 11.4 Å². The lowest BCUT2D eigenvalue weighted by molar-refractivity contribution is 0.612. The minimum atomic E-state index is 0.735. The minimum absolute atomic E-state index is 0.735. The number of halogens is 1. The summed E-state index contributed by atoms with van der Waals surface area (Å²) < 4.78 is 2.17. The van der Waals surface area contributed by atoms with Crippen LogP contribution in [0, 0.1) is 0 Å². The van der Waals surface area contributed by atoms with Gasteiger partial charge in [-0.25, -0.2) is 0 Å². The molecule has 0 saturated heterocycles. The predicted molar refractivity (Wildman–Crippen MR) is 65.8 cm³/mol. The highest BCUT2D eigenvalue weighted by molar-refractivity contribution is 7.99. The molecule has 0 amide bonds. The van der Waals surface area contributed by atoms with Crippen LogP contribution in [0.1, 0.15) is 6.42 Å². The molecule has 0 aliphatic carbocycles. The molecule has 0 bridgehead atoms. The Morgan fingerprint density at radius 3 is 3.12 bits per heavy atom. The monoisotopic (exact) mass is 251 g/mol. The molecule has 1 aromatic heterocycles. The quantitative estimate of drug-likeness (QED) is 0.780. The molecule has 0 atom stereocenters. The number of fused-ring (bicyclic) bond motifs is 1. The predicted octanol–water partition coefficient (Wildman–Crippen LogP) is 3.09. The van der Waals surface area contributed by atoms with Gasteiger partial charge in [-0.15, -0.1) is 10.2 Å². The fourth-order valence-electron chi connectivity index (χ4n) is 1.82. The van der Waals surface area contributed by atoms with Gasteiger partial charge in [0, 0.05) is 22.9 Å². The molecule has 5 heteroatoms. The first kappa shape index (κ1) is 10.2. The molecule has 0 N–H and O–H groups in total. The van der Waals surface area contributed by atoms with Gasteiger partial charge in [0.05, 0.1) is 0 Å². The molecule has 3 rings (SSSR count). The van der Waals surface area contributed by atoms with Crippen molar-refractivity contribution < 1.29 is 0 Å². The van der Waals surface area contributed by atoms with Gasteiger partial charge in [0.1, 0.15) is 0 Å². The highest BCUT2D eigenvalue weighted by Crippen LogP contribution is 2.29. The van der Waals surface area contributed by atoms with Crippen molar-refractivity contribution in [3.63, 3.8) is 0 Å². The van der Waals surface area contributed by atoms with Crippen LogP contribution in [0.4, 0.5) is 0 Å². The van der Waals surface area contributed by atoms with E-state index in [-0.39, 0.29) is 0 Å². The van der Waals surface area contributed by atoms with Gasteiger partial charge in [0.2, 0.25) is 0 Å². The maximum Gasteiger partial charge on any atom is 0.191 e. The molecule has 3 nitrogen and oxygen atoms in total. The second kappa shape index (κ2) is 4.11. The van der Waals surface area contributed by atoms with Crippen LogP contribution in [0.25, 0.3) is 11.4 Å². The van der Waals surface area contributed by atoms with Crippen LogP contribution >= 0.6 is 23.4 Å². The summed E-state index contributed by atoms with van der Waals surface area (Å²) in [5, 5.41) is 10.2. The lowest BCUT2D eigenvalue weighted by Crippen LogP contribution is -2.08. The van der Waals surface area contributed by atoms with Gasteiger partial charge in [0.15, 0.2) is 11.0 Å². The number of benzene rings is 1. The Balaban J connectivity index is 2.09. The van der Waals surface area contributed by atoms with Crippen LogP contribution < -0.4 is 0 Å². The third kappa shape index (κ3) is 1.72. The Labute approximate surface area is 103 Å². The lowest BCUT2D eigenvalue weighted by atomic mass is 10.2. The van der Waals surface area contributed by atoms with Crippen LogP contribution in [0.15, 0.2) is 29.4 Å². The molecule has 16 heavy (non-hydrogen) atoms. The summed E-state index contributed by atoms with van der Waals surface area (Å²) in [5.41, 5.74) is 1.04. The highest BCUT2D eigenvalue weighted by Gasteiger charge is 2.17. The Bertz CT molecular complexity index is 524. The second-order valence-corrected chi connectivity index (χ2v) is 5.17. The number of rotatable bonds is 1. The van der Waals surface area contributed by atoms with Gasteiger partial charge in [-0.3, -0.25) is 0 Å². The van der Waals surface area contributed by atoms with E-state index in [0.29, 0.717) is 0 Å². The Kier molecular flexibility index (Phi) is 2.61. The summed E-state index contributed by atoms with van der Waals surface area (Å²) in [6.45, 7) is 0.997. The normalized spacial score (nSPS) is 14.8. The standard InChI is InChI=1S/C11H10ClN3S/c12-9-4-1-3-8(7-9)10-13-14-11-15(10)5-2-6-16-11/h1,3-4,7H,2,5-6H2. The fraction of sp³-hybridized carbons (Fsp3) is 0.273. The molecule has 0 saturated carbocycles. The first-order valence-electron chi connectivity index (χ1n) is 5.16. The first-order valence-corrected chi connectivity index (χ1v) is 6.53. The van der Waals surface area contributed by atoms with Crippen LogP contribution in [-0.4, -0.2) is 20.5 Å². The number of aromatic nitrogens is 3. The van der Waals surface area contributed by atoms with E-state index in [1.807, 2.05) is 24.3 Å². The third-order valence-corrected chi connectivity index (χ3v) is 3.85. The summed E-state index contributed by atoms with van der Waals surface area (Å²) in [6.07, 6.45) is 1.17. The maximum atomic E-state index is 5.98. The van der Waals surface area contributed by atoms with E-state index >= 15 is 0 Å². The van der Waals surface area contributed by atoms with Crippen molar-refractivity contribution in [1.82, 2.24) is 14.8 Å². The molecule has 1 aromatic carbocycles. The van der Waals surface area contributed by atoms with E-state index in [1.54, 1.807) is 11.8 Å². The fourth-order valence-corrected chi connectivity index (χ4v) is 2.90. The van der Waals surface area contributed by atoms with Gasteiger partial charge in [0.25, 0.3) is 0 Å². The van der Waals surface area contributed by atoms with E-state index < -0.39 is 0 Å². The van der Waals surface area contributed by atoms with Crippen molar-refractivity contribution >= 4 is 23.4 Å². The van der Waals surface area contributed by atoms with Crippen molar-refractivity contribution in [1.29, 1.82) is 0 Å². The van der Waals surface area contributed by atoms with Gasteiger partial charge < -0.3 is 4.57 Å². The van der Waals surface area contributed by atoms with Crippen molar-refractivity contribution in [2.45, 2.75) is 18.1 Å². The van der Waals surface area contributed by atoms with E-state index in [4.69, 9.17) is 11.6 Å². The first-order chi connectivity index (χ1) is 7.84. The average molecular weight is 252 g/mol. The lowest BCUT2D eigenvalue weighted by Gasteiger charge is -2.14. The summed E-state index contributed by atoms with van der Waals surface area (Å²) in [7, 11) is 0.